The molecule has 0 aromatic carbocycles. The summed E-state index contributed by atoms with van der Waals surface area (Å²) >= 11 is 0. The van der Waals surface area contributed by atoms with Crippen LogP contribution < -0.4 is 5.32 Å². The summed E-state index contributed by atoms with van der Waals surface area (Å²) < 4.78 is 0. The average molecular weight is 241 g/mol. The van der Waals surface area contributed by atoms with Gasteiger partial charge < -0.3 is 5.32 Å². The van der Waals surface area contributed by atoms with E-state index in [-0.39, 0.29) is 0 Å². The SMILES string of the molecule is CCCCCNC(CCC(C)C)CCC(C)C. The molecule has 0 unspecified atom stereocenters. The van der Waals surface area contributed by atoms with E-state index in [2.05, 4.69) is 39.9 Å². The molecule has 0 aliphatic heterocycles. The Kier molecular flexibility index (Phi) is 11.0. The predicted octanol–water partition coefficient (Wildman–Crippen LogP) is 5.01. The maximum Gasteiger partial charge on any atom is 0.00672 e. The minimum Gasteiger partial charge on any atom is -0.314 e. The van der Waals surface area contributed by atoms with E-state index in [1.54, 1.807) is 0 Å². The third-order valence-corrected chi connectivity index (χ3v) is 3.40. The first-order valence-corrected chi connectivity index (χ1v) is 7.79. The minimum atomic E-state index is 0.761. The molecule has 0 aliphatic rings. The Morgan fingerprint density at radius 2 is 1.29 bits per heavy atom. The molecule has 0 fully saturated rings. The van der Waals surface area contributed by atoms with Crippen LogP contribution in [-0.2, 0) is 0 Å². The number of hydrogen-bond acceptors (Lipinski definition) is 1. The molecule has 0 amide bonds. The van der Waals surface area contributed by atoms with E-state index >= 15 is 0 Å². The van der Waals surface area contributed by atoms with Gasteiger partial charge in [-0.2, -0.15) is 0 Å². The zero-order valence-corrected chi connectivity index (χ0v) is 12.9. The van der Waals surface area contributed by atoms with Crippen molar-refractivity contribution in [2.75, 3.05) is 6.54 Å². The topological polar surface area (TPSA) is 12.0 Å². The molecule has 0 spiro atoms. The highest BCUT2D eigenvalue weighted by molar-refractivity contribution is 4.68. The van der Waals surface area contributed by atoms with Gasteiger partial charge >= 0.3 is 0 Å². The van der Waals surface area contributed by atoms with Gasteiger partial charge in [0.05, 0.1) is 0 Å². The Hall–Kier alpha value is -0.0400. The summed E-state index contributed by atoms with van der Waals surface area (Å²) in [5.74, 6) is 1.68. The van der Waals surface area contributed by atoms with Crippen LogP contribution in [0, 0.1) is 11.8 Å². The molecule has 0 rings (SSSR count). The molecule has 0 saturated carbocycles. The fraction of sp³-hybridized carbons (Fsp3) is 1.00. The zero-order chi connectivity index (χ0) is 13.1. The van der Waals surface area contributed by atoms with E-state index in [1.807, 2.05) is 0 Å². The second-order valence-corrected chi connectivity index (χ2v) is 6.30. The van der Waals surface area contributed by atoms with Gasteiger partial charge in [-0.05, 0) is 50.5 Å². The molecule has 0 radical (unpaired) electrons. The highest BCUT2D eigenvalue weighted by atomic mass is 14.9. The summed E-state index contributed by atoms with van der Waals surface area (Å²) in [7, 11) is 0. The summed E-state index contributed by atoms with van der Waals surface area (Å²) in [6, 6.07) is 0.761. The lowest BCUT2D eigenvalue weighted by Gasteiger charge is -2.20. The molecule has 0 aromatic rings. The number of rotatable bonds is 11. The molecule has 1 heteroatoms. The number of unbranched alkanes of at least 4 members (excludes halogenated alkanes) is 2. The van der Waals surface area contributed by atoms with Crippen molar-refractivity contribution in [3.8, 4) is 0 Å². The van der Waals surface area contributed by atoms with E-state index in [1.165, 1.54) is 51.5 Å². The minimum absolute atomic E-state index is 0.761. The van der Waals surface area contributed by atoms with Gasteiger partial charge in [-0.1, -0.05) is 47.5 Å². The molecule has 104 valence electrons. The van der Waals surface area contributed by atoms with E-state index in [0.717, 1.165) is 17.9 Å². The van der Waals surface area contributed by atoms with Crippen LogP contribution in [0.1, 0.15) is 79.6 Å². The summed E-state index contributed by atoms with van der Waals surface area (Å²) in [5.41, 5.74) is 0. The lowest BCUT2D eigenvalue weighted by atomic mass is 9.97. The van der Waals surface area contributed by atoms with Crippen molar-refractivity contribution in [3.05, 3.63) is 0 Å². The largest absolute Gasteiger partial charge is 0.314 e. The Morgan fingerprint density at radius 3 is 1.71 bits per heavy atom. The first-order valence-electron chi connectivity index (χ1n) is 7.79. The Balaban J connectivity index is 3.75. The fourth-order valence-electron chi connectivity index (χ4n) is 2.10. The molecule has 0 atom stereocenters. The lowest BCUT2D eigenvalue weighted by molar-refractivity contribution is 0.378. The summed E-state index contributed by atoms with van der Waals surface area (Å²) in [4.78, 5) is 0. The first kappa shape index (κ1) is 17.0. The zero-order valence-electron chi connectivity index (χ0n) is 12.9. The van der Waals surface area contributed by atoms with Crippen molar-refractivity contribution in [3.63, 3.8) is 0 Å². The molecule has 0 bridgehead atoms. The van der Waals surface area contributed by atoms with E-state index in [0.29, 0.717) is 0 Å². The standard InChI is InChI=1S/C16H35N/c1-6-7-8-13-17-16(11-9-14(2)3)12-10-15(4)5/h14-17H,6-13H2,1-5H3. The Labute approximate surface area is 110 Å². The molecule has 17 heavy (non-hydrogen) atoms. The van der Waals surface area contributed by atoms with Crippen LogP contribution in [0.2, 0.25) is 0 Å². The van der Waals surface area contributed by atoms with Crippen LogP contribution in [0.25, 0.3) is 0 Å². The summed E-state index contributed by atoms with van der Waals surface area (Å²) in [5, 5.41) is 3.77. The average Bonchev–Trinajstić information content (AvgIpc) is 2.26. The number of nitrogens with one attached hydrogen (secondary N) is 1. The second kappa shape index (κ2) is 11.1. The first-order chi connectivity index (χ1) is 8.06. The van der Waals surface area contributed by atoms with Crippen molar-refractivity contribution < 1.29 is 0 Å². The maximum absolute atomic E-state index is 3.77. The van der Waals surface area contributed by atoms with Crippen molar-refractivity contribution in [1.29, 1.82) is 0 Å². The summed E-state index contributed by atoms with van der Waals surface area (Å²) in [6.45, 7) is 12.8. The van der Waals surface area contributed by atoms with E-state index < -0.39 is 0 Å². The Bertz CT molecular complexity index is 140. The van der Waals surface area contributed by atoms with Gasteiger partial charge in [-0.15, -0.1) is 0 Å². The highest BCUT2D eigenvalue weighted by Crippen LogP contribution is 2.14. The third kappa shape index (κ3) is 12.2. The fourth-order valence-corrected chi connectivity index (χ4v) is 2.10. The van der Waals surface area contributed by atoms with Gasteiger partial charge in [-0.25, -0.2) is 0 Å². The van der Waals surface area contributed by atoms with Crippen molar-refractivity contribution in [2.45, 2.75) is 85.6 Å². The van der Waals surface area contributed by atoms with Crippen molar-refractivity contribution in [1.82, 2.24) is 5.32 Å². The van der Waals surface area contributed by atoms with Gasteiger partial charge in [-0.3, -0.25) is 0 Å². The van der Waals surface area contributed by atoms with Crippen LogP contribution >= 0.6 is 0 Å². The van der Waals surface area contributed by atoms with E-state index in [9.17, 15) is 0 Å². The quantitative estimate of drug-likeness (QED) is 0.502. The molecule has 0 aliphatic carbocycles. The predicted molar refractivity (Wildman–Crippen MR) is 79.5 cm³/mol. The molecule has 0 aromatic heterocycles. The third-order valence-electron chi connectivity index (χ3n) is 3.40. The maximum atomic E-state index is 3.77. The molecular formula is C16H35N. The lowest BCUT2D eigenvalue weighted by Crippen LogP contribution is -2.30. The molecule has 0 heterocycles. The molecule has 1 nitrogen and oxygen atoms in total. The van der Waals surface area contributed by atoms with Crippen LogP contribution in [-0.4, -0.2) is 12.6 Å². The van der Waals surface area contributed by atoms with Gasteiger partial charge in [0.1, 0.15) is 0 Å². The second-order valence-electron chi connectivity index (χ2n) is 6.30. The van der Waals surface area contributed by atoms with Gasteiger partial charge in [0.25, 0.3) is 0 Å². The van der Waals surface area contributed by atoms with Crippen molar-refractivity contribution in [2.24, 2.45) is 11.8 Å². The monoisotopic (exact) mass is 241 g/mol. The van der Waals surface area contributed by atoms with Gasteiger partial charge in [0.2, 0.25) is 0 Å². The van der Waals surface area contributed by atoms with Crippen molar-refractivity contribution >= 4 is 0 Å². The molecular weight excluding hydrogens is 206 g/mol. The van der Waals surface area contributed by atoms with Crippen LogP contribution in [0.4, 0.5) is 0 Å². The van der Waals surface area contributed by atoms with Crippen LogP contribution in [0.15, 0.2) is 0 Å². The normalized spacial score (nSPS) is 12.0. The van der Waals surface area contributed by atoms with Gasteiger partial charge in [0.15, 0.2) is 0 Å². The summed E-state index contributed by atoms with van der Waals surface area (Å²) in [6.07, 6.45) is 9.48. The molecule has 0 saturated heterocycles. The Morgan fingerprint density at radius 1 is 0.765 bits per heavy atom. The van der Waals surface area contributed by atoms with Crippen LogP contribution in [0.5, 0.6) is 0 Å². The highest BCUT2D eigenvalue weighted by Gasteiger charge is 2.09. The number of hydrogen-bond donors (Lipinski definition) is 1. The molecule has 1 N–H and O–H groups in total. The van der Waals surface area contributed by atoms with Gasteiger partial charge in [0, 0.05) is 6.04 Å². The van der Waals surface area contributed by atoms with Crippen LogP contribution in [0.3, 0.4) is 0 Å². The van der Waals surface area contributed by atoms with E-state index in [4.69, 9.17) is 0 Å². The smallest absolute Gasteiger partial charge is 0.00672 e.